The lowest BCUT2D eigenvalue weighted by Gasteiger charge is -2.11. The molecule has 552 valence electrons. The molecule has 0 radical (unpaired) electrons. The minimum absolute atomic E-state index is 0.901. The van der Waals surface area contributed by atoms with Crippen LogP contribution in [-0.4, -0.2) is 13.7 Å². The molecule has 5 nitrogen and oxygen atoms in total. The average molecular weight is 1710 g/mol. The van der Waals surface area contributed by atoms with Gasteiger partial charge in [0.25, 0.3) is 0 Å². The topological polar surface area (TPSA) is 41.1 Å². The number of halogens is 3. The van der Waals surface area contributed by atoms with Gasteiger partial charge in [-0.15, -0.1) is 11.3 Å². The summed E-state index contributed by atoms with van der Waals surface area (Å²) in [6.07, 6.45) is 0. The minimum Gasteiger partial charge on any atom is -0.456 e. The fourth-order valence-electron chi connectivity index (χ4n) is 17.4. The van der Waals surface area contributed by atoms with Gasteiger partial charge in [-0.2, -0.15) is 0 Å². The Bertz CT molecular complexity index is 8040. The van der Waals surface area contributed by atoms with E-state index in [1.165, 1.54) is 158 Å². The van der Waals surface area contributed by atoms with Gasteiger partial charge in [-0.05, 0) is 212 Å². The van der Waals surface area contributed by atoms with E-state index < -0.39 is 0 Å². The molecule has 9 heteroatoms. The molecule has 0 aliphatic carbocycles. The van der Waals surface area contributed by atoms with E-state index in [-0.39, 0.29) is 0 Å². The Hall–Kier alpha value is -13.4. The van der Waals surface area contributed by atoms with E-state index in [1.54, 1.807) is 0 Å². The number of aromatic nitrogens is 3. The molecule has 0 saturated carbocycles. The van der Waals surface area contributed by atoms with Crippen molar-refractivity contribution < 1.29 is 8.83 Å². The molecule has 0 fully saturated rings. The van der Waals surface area contributed by atoms with Gasteiger partial charge in [-0.1, -0.05) is 297 Å². The van der Waals surface area contributed by atoms with Gasteiger partial charge in [0.15, 0.2) is 0 Å². The van der Waals surface area contributed by atoms with Crippen molar-refractivity contribution >= 4 is 189 Å². The third-order valence-corrected chi connectivity index (χ3v) is 25.8. The third kappa shape index (κ3) is 12.6. The van der Waals surface area contributed by atoms with E-state index in [0.717, 1.165) is 68.7 Å². The number of para-hydroxylation sites is 5. The van der Waals surface area contributed by atoms with Crippen molar-refractivity contribution in [3.8, 4) is 83.8 Å². The molecule has 0 spiro atoms. The second kappa shape index (κ2) is 29.2. The smallest absolute Gasteiger partial charge is 0.137 e. The van der Waals surface area contributed by atoms with Crippen LogP contribution >= 0.6 is 59.1 Å². The summed E-state index contributed by atoms with van der Waals surface area (Å²) in [4.78, 5) is 0. The highest BCUT2D eigenvalue weighted by Gasteiger charge is 2.22. The first-order valence-electron chi connectivity index (χ1n) is 39.1. The lowest BCUT2D eigenvalue weighted by atomic mass is 9.98. The summed E-state index contributed by atoms with van der Waals surface area (Å²) in [6, 6.07) is 144. The number of nitrogens with zero attached hydrogens (tertiary/aromatic N) is 3. The van der Waals surface area contributed by atoms with E-state index in [0.29, 0.717) is 0 Å². The van der Waals surface area contributed by atoms with E-state index in [4.69, 9.17) is 8.83 Å². The SMILES string of the molecule is Brc1ccc(-c2cccc(-c3ccc4c5ccccc5n(-c5ccc6c(c5)oc5ccccc56)c4c3)c2)cc1.Brc1ccc(-c2cccc(-c3ccc4c5ccccc5n(-c5ccc6oc7ccccc7c6c5)c4c3)c2)cc1.Brc1ccc(-c2cccc(-c3ccc4c5ccccc5n(-c5cccc6c5sc5ccccc56)c4c3)c2)cc1. The first-order valence-corrected chi connectivity index (χ1v) is 42.3. The van der Waals surface area contributed by atoms with E-state index in [9.17, 15) is 0 Å². The Balaban J connectivity index is 0.000000106. The molecule has 117 heavy (non-hydrogen) atoms. The zero-order valence-corrected chi connectivity index (χ0v) is 68.4. The summed E-state index contributed by atoms with van der Waals surface area (Å²) in [5, 5.41) is 14.7. The Labute approximate surface area is 702 Å². The van der Waals surface area contributed by atoms with Crippen LogP contribution in [0.15, 0.2) is 423 Å². The van der Waals surface area contributed by atoms with Crippen LogP contribution in [0.25, 0.3) is 213 Å². The maximum atomic E-state index is 6.25. The molecule has 0 atom stereocenters. The maximum absolute atomic E-state index is 6.25. The lowest BCUT2D eigenvalue weighted by molar-refractivity contribution is 0.668. The standard InChI is InChI=1S/2C36H22BrNO.C36H22BrNS/c37-27-15-12-23(13-16-27)24-6-5-7-25(20-24)26-14-18-30-29-8-1-3-10-33(29)38(34(30)21-26)28-17-19-36-32(22-28)31-9-2-4-11-35(31)39-36;37-27-15-12-23(13-16-27)24-6-5-7-25(20-24)26-14-18-30-29-8-1-3-10-33(29)38(34(30)21-26)28-17-19-32-31-9-2-4-11-35(31)39-36(32)22-28;37-27-18-15-23(16-19-27)24-7-5-8-25(21-24)26-17-20-29-28-9-1-3-12-32(28)38(34(29)22-26)33-13-6-11-31-30-10-2-4-14-35(30)39-36(31)33/h3*1-22H. The summed E-state index contributed by atoms with van der Waals surface area (Å²) in [5.74, 6) is 0. The van der Waals surface area contributed by atoms with Gasteiger partial charge in [0, 0.05) is 100 Å². The number of rotatable bonds is 9. The highest BCUT2D eigenvalue weighted by molar-refractivity contribution is 9.11. The summed E-state index contributed by atoms with van der Waals surface area (Å²) in [7, 11) is 0. The molecule has 0 aliphatic rings. The van der Waals surface area contributed by atoms with Crippen LogP contribution in [0.5, 0.6) is 0 Å². The summed E-state index contributed by atoms with van der Waals surface area (Å²) >= 11 is 12.5. The Morgan fingerprint density at radius 2 is 0.504 bits per heavy atom. The predicted molar refractivity (Wildman–Crippen MR) is 506 cm³/mol. The summed E-state index contributed by atoms with van der Waals surface area (Å²) in [6.45, 7) is 0. The zero-order valence-electron chi connectivity index (χ0n) is 62.8. The first kappa shape index (κ1) is 70.3. The highest BCUT2D eigenvalue weighted by atomic mass is 79.9. The summed E-state index contributed by atoms with van der Waals surface area (Å²) < 4.78 is 25.5. The fraction of sp³-hybridized carbons (Fsp3) is 0. The van der Waals surface area contributed by atoms with Crippen LogP contribution in [0.1, 0.15) is 0 Å². The number of hydrogen-bond donors (Lipinski definition) is 0. The number of benzene rings is 18. The molecule has 0 N–H and O–H groups in total. The fourth-order valence-corrected chi connectivity index (χ4v) is 19.4. The van der Waals surface area contributed by atoms with Gasteiger partial charge in [0.05, 0.1) is 43.5 Å². The Kier molecular flexibility index (Phi) is 17.5. The van der Waals surface area contributed by atoms with Crippen LogP contribution in [0.3, 0.4) is 0 Å². The van der Waals surface area contributed by atoms with Gasteiger partial charge in [-0.3, -0.25) is 0 Å². The van der Waals surface area contributed by atoms with Crippen molar-refractivity contribution in [2.75, 3.05) is 0 Å². The molecule has 24 rings (SSSR count). The third-order valence-electron chi connectivity index (χ3n) is 23.0. The first-order chi connectivity index (χ1) is 57.7. The lowest BCUT2D eigenvalue weighted by Crippen LogP contribution is -1.94. The normalized spacial score (nSPS) is 11.7. The molecule has 0 saturated heterocycles. The number of furan rings is 2. The van der Waals surface area contributed by atoms with Gasteiger partial charge in [-0.25, -0.2) is 0 Å². The number of fused-ring (bicyclic) bond motifs is 18. The van der Waals surface area contributed by atoms with Crippen molar-refractivity contribution in [3.05, 3.63) is 414 Å². The number of thiophene rings is 1. The second-order valence-corrected chi connectivity index (χ2v) is 33.6. The molecule has 0 unspecified atom stereocenters. The van der Waals surface area contributed by atoms with Gasteiger partial charge in [0.1, 0.15) is 22.3 Å². The molecule has 24 aromatic rings. The Morgan fingerprint density at radius 3 is 0.991 bits per heavy atom. The zero-order chi connectivity index (χ0) is 77.8. The largest absolute Gasteiger partial charge is 0.456 e. The van der Waals surface area contributed by atoms with Crippen molar-refractivity contribution in [2.24, 2.45) is 0 Å². The molecular formula is C108H66Br3N3O2S. The average Bonchev–Trinajstić information content (AvgIpc) is 1.52. The van der Waals surface area contributed by atoms with Crippen molar-refractivity contribution in [2.45, 2.75) is 0 Å². The molecule has 6 heterocycles. The second-order valence-electron chi connectivity index (χ2n) is 29.8. The molecule has 0 amide bonds. The van der Waals surface area contributed by atoms with Gasteiger partial charge < -0.3 is 22.5 Å². The quantitative estimate of drug-likeness (QED) is 0.145. The van der Waals surface area contributed by atoms with E-state index >= 15 is 0 Å². The molecule has 6 aromatic heterocycles. The highest BCUT2D eigenvalue weighted by Crippen LogP contribution is 2.45. The molecule has 18 aromatic carbocycles. The Morgan fingerprint density at radius 1 is 0.188 bits per heavy atom. The summed E-state index contributed by atoms with van der Waals surface area (Å²) in [5.41, 5.74) is 28.8. The maximum Gasteiger partial charge on any atom is 0.137 e. The van der Waals surface area contributed by atoms with Crippen LogP contribution in [0.4, 0.5) is 0 Å². The van der Waals surface area contributed by atoms with Crippen LogP contribution in [0.2, 0.25) is 0 Å². The molecule has 0 aliphatic heterocycles. The van der Waals surface area contributed by atoms with Gasteiger partial charge in [0.2, 0.25) is 0 Å². The van der Waals surface area contributed by atoms with Gasteiger partial charge >= 0.3 is 0 Å². The van der Waals surface area contributed by atoms with E-state index in [2.05, 4.69) is 438 Å². The molecule has 0 bridgehead atoms. The molecular weight excluding hydrogens is 1640 g/mol. The van der Waals surface area contributed by atoms with Crippen LogP contribution < -0.4 is 0 Å². The number of hydrogen-bond acceptors (Lipinski definition) is 3. The van der Waals surface area contributed by atoms with Crippen LogP contribution in [0, 0.1) is 0 Å². The van der Waals surface area contributed by atoms with Crippen molar-refractivity contribution in [1.82, 2.24) is 13.7 Å². The van der Waals surface area contributed by atoms with Crippen molar-refractivity contribution in [1.29, 1.82) is 0 Å². The minimum atomic E-state index is 0.901. The van der Waals surface area contributed by atoms with E-state index in [1.807, 2.05) is 35.6 Å². The van der Waals surface area contributed by atoms with Crippen LogP contribution in [-0.2, 0) is 0 Å². The van der Waals surface area contributed by atoms with Crippen molar-refractivity contribution in [3.63, 3.8) is 0 Å². The monoisotopic (exact) mass is 1710 g/mol. The predicted octanol–water partition coefficient (Wildman–Crippen LogP) is 32.8.